The minimum atomic E-state index is 0.589. The lowest BCUT2D eigenvalue weighted by molar-refractivity contribution is 0.510. The first kappa shape index (κ1) is 10.7. The molecular weight excluding hydrogens is 180 g/mol. The molecule has 0 spiro atoms. The molecule has 1 heterocycles. The van der Waals surface area contributed by atoms with E-state index >= 15 is 0 Å². The molecule has 1 aromatic heterocycles. The van der Waals surface area contributed by atoms with E-state index in [1.807, 2.05) is 7.05 Å². The number of nitrogens with zero attached hydrogens (tertiary/aromatic N) is 1. The predicted octanol–water partition coefficient (Wildman–Crippen LogP) is 2.38. The highest BCUT2D eigenvalue weighted by Crippen LogP contribution is 2.11. The molecule has 0 amide bonds. The monoisotopic (exact) mass is 198 g/mol. The first-order valence-electron chi connectivity index (χ1n) is 4.84. The Balaban J connectivity index is 2.46. The van der Waals surface area contributed by atoms with Crippen molar-refractivity contribution >= 4 is 11.3 Å². The van der Waals surface area contributed by atoms with E-state index in [2.05, 4.69) is 29.5 Å². The molecular formula is C10H18N2S. The van der Waals surface area contributed by atoms with Gasteiger partial charge >= 0.3 is 0 Å². The highest BCUT2D eigenvalue weighted by atomic mass is 32.1. The van der Waals surface area contributed by atoms with Crippen molar-refractivity contribution in [3.05, 3.63) is 16.1 Å². The topological polar surface area (TPSA) is 24.9 Å². The summed E-state index contributed by atoms with van der Waals surface area (Å²) in [6, 6.07) is 0.589. The first-order valence-corrected chi connectivity index (χ1v) is 5.72. The number of aryl methyl sites for hydroxylation is 1. The van der Waals surface area contributed by atoms with Gasteiger partial charge in [-0.05, 0) is 20.4 Å². The van der Waals surface area contributed by atoms with Crippen molar-refractivity contribution in [2.75, 3.05) is 7.05 Å². The maximum atomic E-state index is 4.46. The maximum Gasteiger partial charge on any atom is 0.0897 e. The van der Waals surface area contributed by atoms with Gasteiger partial charge in [-0.2, -0.15) is 0 Å². The van der Waals surface area contributed by atoms with Crippen LogP contribution < -0.4 is 5.32 Å². The molecule has 1 unspecified atom stereocenters. The summed E-state index contributed by atoms with van der Waals surface area (Å²) in [6.07, 6.45) is 3.52. The summed E-state index contributed by atoms with van der Waals surface area (Å²) in [6.45, 7) is 4.28. The van der Waals surface area contributed by atoms with Gasteiger partial charge < -0.3 is 5.32 Å². The minimum Gasteiger partial charge on any atom is -0.317 e. The van der Waals surface area contributed by atoms with Crippen LogP contribution >= 0.6 is 11.3 Å². The molecule has 1 atom stereocenters. The second-order valence-corrected chi connectivity index (χ2v) is 4.40. The van der Waals surface area contributed by atoms with Gasteiger partial charge in [0.2, 0.25) is 0 Å². The minimum absolute atomic E-state index is 0.589. The Morgan fingerprint density at radius 1 is 1.62 bits per heavy atom. The van der Waals surface area contributed by atoms with Crippen LogP contribution in [0.3, 0.4) is 0 Å². The molecule has 0 bridgehead atoms. The van der Waals surface area contributed by atoms with E-state index < -0.39 is 0 Å². The number of nitrogens with one attached hydrogen (secondary N) is 1. The van der Waals surface area contributed by atoms with Crippen LogP contribution in [-0.2, 0) is 6.42 Å². The summed E-state index contributed by atoms with van der Waals surface area (Å²) in [7, 11) is 2.03. The fourth-order valence-electron chi connectivity index (χ4n) is 1.45. The molecule has 0 aromatic carbocycles. The molecule has 0 saturated carbocycles. The average molecular weight is 198 g/mol. The molecule has 74 valence electrons. The van der Waals surface area contributed by atoms with Crippen LogP contribution in [0.15, 0.2) is 5.38 Å². The van der Waals surface area contributed by atoms with Crippen molar-refractivity contribution in [1.82, 2.24) is 10.3 Å². The summed E-state index contributed by atoms with van der Waals surface area (Å²) in [5.74, 6) is 0. The van der Waals surface area contributed by atoms with Crippen molar-refractivity contribution in [3.8, 4) is 0 Å². The van der Waals surface area contributed by atoms with Gasteiger partial charge in [0.25, 0.3) is 0 Å². The zero-order chi connectivity index (χ0) is 9.68. The van der Waals surface area contributed by atoms with E-state index in [1.165, 1.54) is 23.5 Å². The number of hydrogen-bond acceptors (Lipinski definition) is 3. The summed E-state index contributed by atoms with van der Waals surface area (Å²) in [5.41, 5.74) is 1.23. The van der Waals surface area contributed by atoms with E-state index in [0.29, 0.717) is 6.04 Å². The number of rotatable bonds is 5. The molecule has 1 N–H and O–H groups in total. The van der Waals surface area contributed by atoms with Crippen molar-refractivity contribution in [2.45, 2.75) is 39.2 Å². The van der Waals surface area contributed by atoms with Crippen LogP contribution in [0.1, 0.15) is 30.5 Å². The van der Waals surface area contributed by atoms with Gasteiger partial charge in [-0.25, -0.2) is 4.98 Å². The van der Waals surface area contributed by atoms with Crippen LogP contribution in [0, 0.1) is 6.92 Å². The van der Waals surface area contributed by atoms with E-state index in [9.17, 15) is 0 Å². The molecule has 0 aliphatic carbocycles. The Labute approximate surface area is 84.4 Å². The Bertz CT molecular complexity index is 245. The Morgan fingerprint density at radius 3 is 2.85 bits per heavy atom. The zero-order valence-corrected chi connectivity index (χ0v) is 9.45. The highest BCUT2D eigenvalue weighted by molar-refractivity contribution is 7.09. The lowest BCUT2D eigenvalue weighted by Crippen LogP contribution is -2.27. The zero-order valence-electron chi connectivity index (χ0n) is 8.63. The van der Waals surface area contributed by atoms with E-state index in [1.54, 1.807) is 11.3 Å². The van der Waals surface area contributed by atoms with E-state index in [-0.39, 0.29) is 0 Å². The van der Waals surface area contributed by atoms with Crippen LogP contribution in [0.5, 0.6) is 0 Å². The largest absolute Gasteiger partial charge is 0.317 e. The number of aromatic nitrogens is 1. The van der Waals surface area contributed by atoms with Crippen LogP contribution in [0.4, 0.5) is 0 Å². The average Bonchev–Trinajstić information content (AvgIpc) is 2.50. The summed E-state index contributed by atoms with van der Waals surface area (Å²) < 4.78 is 0. The third-order valence-electron chi connectivity index (χ3n) is 2.17. The SMILES string of the molecule is CCCC(Cc1csc(C)n1)NC. The van der Waals surface area contributed by atoms with Gasteiger partial charge in [0, 0.05) is 17.8 Å². The molecule has 1 rings (SSSR count). The highest BCUT2D eigenvalue weighted by Gasteiger charge is 2.07. The number of thiazole rings is 1. The van der Waals surface area contributed by atoms with Crippen molar-refractivity contribution in [1.29, 1.82) is 0 Å². The second-order valence-electron chi connectivity index (χ2n) is 3.34. The fourth-order valence-corrected chi connectivity index (χ4v) is 2.08. The van der Waals surface area contributed by atoms with E-state index in [0.717, 1.165) is 6.42 Å². The van der Waals surface area contributed by atoms with Crippen LogP contribution in [-0.4, -0.2) is 18.1 Å². The quantitative estimate of drug-likeness (QED) is 0.785. The summed E-state index contributed by atoms with van der Waals surface area (Å²) in [5, 5.41) is 6.66. The molecule has 1 aromatic rings. The van der Waals surface area contributed by atoms with Crippen molar-refractivity contribution in [3.63, 3.8) is 0 Å². The van der Waals surface area contributed by atoms with Gasteiger partial charge in [-0.1, -0.05) is 13.3 Å². The van der Waals surface area contributed by atoms with Gasteiger partial charge in [0.05, 0.1) is 10.7 Å². The molecule has 0 radical (unpaired) electrons. The molecule has 0 aliphatic rings. The van der Waals surface area contributed by atoms with E-state index in [4.69, 9.17) is 0 Å². The smallest absolute Gasteiger partial charge is 0.0897 e. The Hall–Kier alpha value is -0.410. The van der Waals surface area contributed by atoms with Crippen molar-refractivity contribution in [2.24, 2.45) is 0 Å². The molecule has 3 heteroatoms. The molecule has 0 aliphatic heterocycles. The second kappa shape index (κ2) is 5.35. The lowest BCUT2D eigenvalue weighted by atomic mass is 10.1. The Kier molecular flexibility index (Phi) is 4.39. The van der Waals surface area contributed by atoms with Gasteiger partial charge in [0.1, 0.15) is 0 Å². The molecule has 2 nitrogen and oxygen atoms in total. The van der Waals surface area contributed by atoms with Crippen molar-refractivity contribution < 1.29 is 0 Å². The number of hydrogen-bond donors (Lipinski definition) is 1. The van der Waals surface area contributed by atoms with Gasteiger partial charge in [-0.3, -0.25) is 0 Å². The number of likely N-dealkylation sites (N-methyl/N-ethyl adjacent to an activating group) is 1. The van der Waals surface area contributed by atoms with Crippen LogP contribution in [0.2, 0.25) is 0 Å². The normalized spacial score (nSPS) is 13.2. The first-order chi connectivity index (χ1) is 6.26. The van der Waals surface area contributed by atoms with Gasteiger partial charge in [-0.15, -0.1) is 11.3 Å². The van der Waals surface area contributed by atoms with Gasteiger partial charge in [0.15, 0.2) is 0 Å². The lowest BCUT2D eigenvalue weighted by Gasteiger charge is -2.12. The molecule has 0 fully saturated rings. The van der Waals surface area contributed by atoms with Crippen LogP contribution in [0.25, 0.3) is 0 Å². The fraction of sp³-hybridized carbons (Fsp3) is 0.700. The maximum absolute atomic E-state index is 4.46. The summed E-state index contributed by atoms with van der Waals surface area (Å²) >= 11 is 1.74. The summed E-state index contributed by atoms with van der Waals surface area (Å²) in [4.78, 5) is 4.46. The predicted molar refractivity (Wildman–Crippen MR) is 58.3 cm³/mol. The third kappa shape index (κ3) is 3.44. The molecule has 13 heavy (non-hydrogen) atoms. The molecule has 0 saturated heterocycles. The standard InChI is InChI=1S/C10H18N2S/c1-4-5-9(11-3)6-10-7-13-8(2)12-10/h7,9,11H,4-6H2,1-3H3. The third-order valence-corrected chi connectivity index (χ3v) is 2.99. The Morgan fingerprint density at radius 2 is 2.38 bits per heavy atom.